The Morgan fingerprint density at radius 1 is 1.29 bits per heavy atom. The molecule has 1 heterocycles. The zero-order valence-electron chi connectivity index (χ0n) is 11.7. The van der Waals surface area contributed by atoms with E-state index >= 15 is 0 Å². The largest absolute Gasteiger partial charge is 0.496 e. The average molecular weight is 284 g/mol. The smallest absolute Gasteiger partial charge is 0.265 e. The van der Waals surface area contributed by atoms with E-state index in [1.165, 1.54) is 0 Å². The molecule has 1 aliphatic heterocycles. The van der Waals surface area contributed by atoms with Crippen LogP contribution in [0.1, 0.15) is 5.56 Å². The third kappa shape index (κ3) is 2.50. The number of carbonyl (C=O) groups excluding carboxylic acids is 1. The Hall–Kier alpha value is -2.69. The Morgan fingerprint density at radius 2 is 2.10 bits per heavy atom. The van der Waals surface area contributed by atoms with Gasteiger partial charge in [0.1, 0.15) is 11.5 Å². The number of hydrogen-bond donors (Lipinski definition) is 1. The molecule has 108 valence electrons. The number of carbonyl (C=O) groups is 1. The first-order valence-electron chi connectivity index (χ1n) is 6.63. The second-order valence-corrected chi connectivity index (χ2v) is 4.81. The predicted molar refractivity (Wildman–Crippen MR) is 80.5 cm³/mol. The molecule has 0 unspecified atom stereocenters. The van der Waals surface area contributed by atoms with Crippen molar-refractivity contribution in [2.45, 2.75) is 6.54 Å². The van der Waals surface area contributed by atoms with Crippen molar-refractivity contribution in [1.29, 1.82) is 0 Å². The molecule has 3 rings (SSSR count). The molecule has 0 radical (unpaired) electrons. The van der Waals surface area contributed by atoms with E-state index in [0.717, 1.165) is 11.3 Å². The van der Waals surface area contributed by atoms with Crippen LogP contribution < -0.4 is 20.1 Å². The highest BCUT2D eigenvalue weighted by atomic mass is 16.5. The number of nitrogens with zero attached hydrogens (tertiary/aromatic N) is 1. The number of fused-ring (bicyclic) bond motifs is 1. The minimum atomic E-state index is -0.0850. The monoisotopic (exact) mass is 284 g/mol. The number of ether oxygens (including phenoxy) is 2. The molecule has 5 nitrogen and oxygen atoms in total. The average Bonchev–Trinajstić information content (AvgIpc) is 2.50. The maximum Gasteiger partial charge on any atom is 0.265 e. The maximum atomic E-state index is 12.2. The summed E-state index contributed by atoms with van der Waals surface area (Å²) in [6.07, 6.45) is 0. The lowest BCUT2D eigenvalue weighted by Gasteiger charge is -2.29. The van der Waals surface area contributed by atoms with Gasteiger partial charge in [-0.25, -0.2) is 0 Å². The molecule has 0 aliphatic carbocycles. The summed E-state index contributed by atoms with van der Waals surface area (Å²) in [6.45, 7) is 0.440. The Kier molecular flexibility index (Phi) is 3.39. The summed E-state index contributed by atoms with van der Waals surface area (Å²) >= 11 is 0. The number of anilines is 2. The lowest BCUT2D eigenvalue weighted by Crippen LogP contribution is -2.38. The van der Waals surface area contributed by atoms with Crippen LogP contribution in [0.4, 0.5) is 11.4 Å². The van der Waals surface area contributed by atoms with Crippen molar-refractivity contribution in [3.8, 4) is 11.5 Å². The zero-order chi connectivity index (χ0) is 14.8. The third-order valence-electron chi connectivity index (χ3n) is 3.44. The highest BCUT2D eigenvalue weighted by molar-refractivity contribution is 5.97. The molecule has 0 spiro atoms. The fourth-order valence-corrected chi connectivity index (χ4v) is 2.42. The van der Waals surface area contributed by atoms with E-state index in [1.54, 1.807) is 18.1 Å². The number of rotatable bonds is 3. The van der Waals surface area contributed by atoms with Gasteiger partial charge in [0.15, 0.2) is 6.61 Å². The molecular weight excluding hydrogens is 268 g/mol. The van der Waals surface area contributed by atoms with Gasteiger partial charge in [0, 0.05) is 11.3 Å². The van der Waals surface area contributed by atoms with Gasteiger partial charge in [-0.1, -0.05) is 12.1 Å². The Labute approximate surface area is 122 Å². The van der Waals surface area contributed by atoms with Crippen LogP contribution in [0, 0.1) is 0 Å². The molecule has 0 atom stereocenters. The molecular formula is C16H16N2O3. The van der Waals surface area contributed by atoms with E-state index in [0.29, 0.717) is 23.7 Å². The lowest BCUT2D eigenvalue weighted by molar-refractivity contribution is -0.121. The van der Waals surface area contributed by atoms with Crippen LogP contribution in [0.5, 0.6) is 11.5 Å². The summed E-state index contributed by atoms with van der Waals surface area (Å²) in [5, 5.41) is 0. The van der Waals surface area contributed by atoms with E-state index in [1.807, 2.05) is 36.4 Å². The van der Waals surface area contributed by atoms with Gasteiger partial charge in [-0.3, -0.25) is 4.79 Å². The predicted octanol–water partition coefficient (Wildman–Crippen LogP) is 2.20. The Morgan fingerprint density at radius 3 is 2.90 bits per heavy atom. The number of nitrogen functional groups attached to an aromatic ring is 1. The van der Waals surface area contributed by atoms with Crippen molar-refractivity contribution in [1.82, 2.24) is 0 Å². The molecule has 1 aliphatic rings. The molecule has 0 fully saturated rings. The second-order valence-electron chi connectivity index (χ2n) is 4.81. The minimum Gasteiger partial charge on any atom is -0.496 e. The van der Waals surface area contributed by atoms with Crippen molar-refractivity contribution < 1.29 is 14.3 Å². The molecule has 0 saturated carbocycles. The van der Waals surface area contributed by atoms with Crippen LogP contribution in [0.2, 0.25) is 0 Å². The summed E-state index contributed by atoms with van der Waals surface area (Å²) < 4.78 is 10.8. The van der Waals surface area contributed by atoms with Crippen LogP contribution in [0.25, 0.3) is 0 Å². The summed E-state index contributed by atoms with van der Waals surface area (Å²) in [5.74, 6) is 1.33. The standard InChI is InChI=1S/C16H16N2O3/c1-20-14-7-6-12(17)8-11(14)9-18-13-4-2-3-5-15(13)21-10-16(18)19/h2-8H,9-10,17H2,1H3. The number of hydrogen-bond acceptors (Lipinski definition) is 4. The molecule has 0 bridgehead atoms. The first-order valence-corrected chi connectivity index (χ1v) is 6.63. The highest BCUT2D eigenvalue weighted by Gasteiger charge is 2.26. The fourth-order valence-electron chi connectivity index (χ4n) is 2.42. The molecule has 21 heavy (non-hydrogen) atoms. The van der Waals surface area contributed by atoms with Crippen molar-refractivity contribution in [3.63, 3.8) is 0 Å². The SMILES string of the molecule is COc1ccc(N)cc1CN1C(=O)COc2ccccc21. The first kappa shape index (κ1) is 13.3. The van der Waals surface area contributed by atoms with Gasteiger partial charge in [0.05, 0.1) is 19.3 Å². The molecule has 2 aromatic rings. The molecule has 0 saturated heterocycles. The van der Waals surface area contributed by atoms with Gasteiger partial charge in [-0.2, -0.15) is 0 Å². The normalized spacial score (nSPS) is 13.6. The number of benzene rings is 2. The van der Waals surface area contributed by atoms with Crippen LogP contribution >= 0.6 is 0 Å². The van der Waals surface area contributed by atoms with Crippen molar-refractivity contribution in [2.75, 3.05) is 24.4 Å². The number of amides is 1. The van der Waals surface area contributed by atoms with E-state index in [9.17, 15) is 4.79 Å². The highest BCUT2D eigenvalue weighted by Crippen LogP contribution is 2.34. The summed E-state index contributed by atoms with van der Waals surface area (Å²) in [4.78, 5) is 13.9. The van der Waals surface area contributed by atoms with E-state index < -0.39 is 0 Å². The summed E-state index contributed by atoms with van der Waals surface area (Å²) in [5.41, 5.74) is 8.10. The summed E-state index contributed by atoms with van der Waals surface area (Å²) in [7, 11) is 1.60. The Balaban J connectivity index is 1.98. The lowest BCUT2D eigenvalue weighted by atomic mass is 10.1. The number of nitrogens with two attached hydrogens (primary N) is 1. The first-order chi connectivity index (χ1) is 10.2. The maximum absolute atomic E-state index is 12.2. The van der Waals surface area contributed by atoms with Gasteiger partial charge in [0.25, 0.3) is 5.91 Å². The number of methoxy groups -OCH3 is 1. The fraction of sp³-hybridized carbons (Fsp3) is 0.188. The minimum absolute atomic E-state index is 0.0433. The molecule has 2 aromatic carbocycles. The topological polar surface area (TPSA) is 64.8 Å². The van der Waals surface area contributed by atoms with Crippen LogP contribution in [-0.4, -0.2) is 19.6 Å². The Bertz CT molecular complexity index is 685. The second kappa shape index (κ2) is 5.36. The van der Waals surface area contributed by atoms with Gasteiger partial charge in [0.2, 0.25) is 0 Å². The van der Waals surface area contributed by atoms with Crippen molar-refractivity contribution in [3.05, 3.63) is 48.0 Å². The molecule has 2 N–H and O–H groups in total. The van der Waals surface area contributed by atoms with Gasteiger partial charge in [-0.05, 0) is 30.3 Å². The van der Waals surface area contributed by atoms with Crippen molar-refractivity contribution in [2.24, 2.45) is 0 Å². The van der Waals surface area contributed by atoms with Crippen LogP contribution in [-0.2, 0) is 11.3 Å². The van der Waals surface area contributed by atoms with Crippen LogP contribution in [0.3, 0.4) is 0 Å². The quantitative estimate of drug-likeness (QED) is 0.878. The molecule has 5 heteroatoms. The van der Waals surface area contributed by atoms with Gasteiger partial charge < -0.3 is 20.1 Å². The molecule has 0 aromatic heterocycles. The van der Waals surface area contributed by atoms with Crippen LogP contribution in [0.15, 0.2) is 42.5 Å². The molecule has 1 amide bonds. The number of para-hydroxylation sites is 2. The van der Waals surface area contributed by atoms with E-state index in [2.05, 4.69) is 0 Å². The van der Waals surface area contributed by atoms with Gasteiger partial charge in [-0.15, -0.1) is 0 Å². The van der Waals surface area contributed by atoms with E-state index in [-0.39, 0.29) is 12.5 Å². The van der Waals surface area contributed by atoms with E-state index in [4.69, 9.17) is 15.2 Å². The zero-order valence-corrected chi connectivity index (χ0v) is 11.7. The van der Waals surface area contributed by atoms with Gasteiger partial charge >= 0.3 is 0 Å². The van der Waals surface area contributed by atoms with Crippen molar-refractivity contribution >= 4 is 17.3 Å². The summed E-state index contributed by atoms with van der Waals surface area (Å²) in [6, 6.07) is 12.9. The third-order valence-corrected chi connectivity index (χ3v) is 3.44.